The maximum atomic E-state index is 13.4. The summed E-state index contributed by atoms with van der Waals surface area (Å²) in [5.74, 6) is -0.0599. The van der Waals surface area contributed by atoms with Gasteiger partial charge < -0.3 is 0 Å². The monoisotopic (exact) mass is 406 g/mol. The number of carbonyl (C=O) groups excluding carboxylic acids is 1. The Hall–Kier alpha value is -2.69. The number of hydrogen-bond acceptors (Lipinski definition) is 3. The van der Waals surface area contributed by atoms with Crippen LogP contribution in [0.5, 0.6) is 0 Å². The molecule has 0 spiro atoms. The van der Waals surface area contributed by atoms with Crippen LogP contribution in [0.25, 0.3) is 10.2 Å². The van der Waals surface area contributed by atoms with Gasteiger partial charge in [-0.15, -0.1) is 0 Å². The minimum atomic E-state index is -0.0599. The smallest absolute Gasteiger partial charge is 0.260 e. The van der Waals surface area contributed by atoms with E-state index in [1.807, 2.05) is 80.6 Å². The summed E-state index contributed by atoms with van der Waals surface area (Å²) >= 11 is 7.71. The molecule has 0 aliphatic rings. The Bertz CT molecular complexity index is 1150. The molecule has 140 valence electrons. The van der Waals surface area contributed by atoms with Crippen LogP contribution in [0.3, 0.4) is 0 Å². The number of aromatic nitrogens is 1. The fraction of sp³-hybridized carbons (Fsp3) is 0.130. The molecular formula is C23H19ClN2OS. The highest BCUT2D eigenvalue weighted by molar-refractivity contribution is 7.22. The first kappa shape index (κ1) is 18.7. The molecule has 0 saturated heterocycles. The molecule has 0 fully saturated rings. The fourth-order valence-corrected chi connectivity index (χ4v) is 4.60. The van der Waals surface area contributed by atoms with Crippen LogP contribution >= 0.6 is 22.9 Å². The number of anilines is 1. The van der Waals surface area contributed by atoms with Crippen molar-refractivity contribution in [3.63, 3.8) is 0 Å². The molecule has 1 amide bonds. The number of fused-ring (bicyclic) bond motifs is 1. The number of hydrogen-bond donors (Lipinski definition) is 0. The molecule has 4 rings (SSSR count). The minimum absolute atomic E-state index is 0.0599. The van der Waals surface area contributed by atoms with Crippen molar-refractivity contribution in [1.82, 2.24) is 4.98 Å². The van der Waals surface area contributed by atoms with Crippen LogP contribution in [0.2, 0.25) is 5.02 Å². The second-order valence-corrected chi connectivity index (χ2v) is 8.26. The van der Waals surface area contributed by atoms with E-state index in [1.165, 1.54) is 11.3 Å². The summed E-state index contributed by atoms with van der Waals surface area (Å²) in [4.78, 5) is 19.9. The molecule has 0 bridgehead atoms. The molecule has 5 heteroatoms. The zero-order valence-corrected chi connectivity index (χ0v) is 17.2. The molecule has 3 nitrogen and oxygen atoms in total. The molecule has 0 atom stereocenters. The third kappa shape index (κ3) is 3.79. The van der Waals surface area contributed by atoms with Crippen LogP contribution in [0.15, 0.2) is 66.7 Å². The van der Waals surface area contributed by atoms with Crippen molar-refractivity contribution < 1.29 is 4.79 Å². The molecule has 0 aliphatic carbocycles. The van der Waals surface area contributed by atoms with Crippen molar-refractivity contribution in [3.8, 4) is 0 Å². The van der Waals surface area contributed by atoms with Gasteiger partial charge in [0.15, 0.2) is 5.13 Å². The Labute approximate surface area is 173 Å². The second-order valence-electron chi connectivity index (χ2n) is 6.81. The number of amides is 1. The Morgan fingerprint density at radius 1 is 1.04 bits per heavy atom. The lowest BCUT2D eigenvalue weighted by Gasteiger charge is -2.20. The molecule has 1 aromatic heterocycles. The maximum Gasteiger partial charge on any atom is 0.260 e. The maximum absolute atomic E-state index is 13.4. The standard InChI is InChI=1S/C23H19ClN2OS/c1-15-7-6-10-18(11-15)22(27)26(14-17-8-4-3-5-9-17)23-25-21-16(2)12-19(24)13-20(21)28-23/h3-13H,14H2,1-2H3. The predicted octanol–water partition coefficient (Wildman–Crippen LogP) is 6.41. The fourth-order valence-electron chi connectivity index (χ4n) is 3.18. The van der Waals surface area contributed by atoms with Crippen molar-refractivity contribution in [2.75, 3.05) is 4.90 Å². The predicted molar refractivity (Wildman–Crippen MR) is 118 cm³/mol. The molecule has 0 N–H and O–H groups in total. The lowest BCUT2D eigenvalue weighted by atomic mass is 10.1. The molecule has 1 heterocycles. The quantitative estimate of drug-likeness (QED) is 0.392. The molecular weight excluding hydrogens is 388 g/mol. The van der Waals surface area contributed by atoms with Crippen LogP contribution in [-0.4, -0.2) is 10.9 Å². The number of carbonyl (C=O) groups is 1. The van der Waals surface area contributed by atoms with Gasteiger partial charge in [0.2, 0.25) is 0 Å². The van der Waals surface area contributed by atoms with E-state index in [1.54, 1.807) is 4.90 Å². The second kappa shape index (κ2) is 7.74. The molecule has 3 aromatic carbocycles. The summed E-state index contributed by atoms with van der Waals surface area (Å²) in [5, 5.41) is 1.36. The normalized spacial score (nSPS) is 11.0. The van der Waals surface area contributed by atoms with Gasteiger partial charge in [-0.25, -0.2) is 4.98 Å². The summed E-state index contributed by atoms with van der Waals surface area (Å²) in [6.45, 7) is 4.43. The molecule has 0 aliphatic heterocycles. The van der Waals surface area contributed by atoms with Crippen LogP contribution in [0.4, 0.5) is 5.13 Å². The number of rotatable bonds is 4. The van der Waals surface area contributed by atoms with Crippen molar-refractivity contribution >= 4 is 44.2 Å². The van der Waals surface area contributed by atoms with Crippen LogP contribution in [0.1, 0.15) is 27.0 Å². The first-order chi connectivity index (χ1) is 13.5. The summed E-state index contributed by atoms with van der Waals surface area (Å²) in [6, 6.07) is 21.4. The average Bonchev–Trinajstić information content (AvgIpc) is 3.10. The van der Waals surface area contributed by atoms with Crippen molar-refractivity contribution in [2.45, 2.75) is 20.4 Å². The van der Waals surface area contributed by atoms with E-state index in [0.29, 0.717) is 22.3 Å². The summed E-state index contributed by atoms with van der Waals surface area (Å²) in [7, 11) is 0. The van der Waals surface area contributed by atoms with E-state index < -0.39 is 0 Å². The van der Waals surface area contributed by atoms with Crippen LogP contribution in [0, 0.1) is 13.8 Å². The molecule has 0 radical (unpaired) electrons. The summed E-state index contributed by atoms with van der Waals surface area (Å²) in [6.07, 6.45) is 0. The van der Waals surface area contributed by atoms with Gasteiger partial charge in [-0.05, 0) is 49.2 Å². The number of thiazole rings is 1. The van der Waals surface area contributed by atoms with Gasteiger partial charge in [0.1, 0.15) is 0 Å². The van der Waals surface area contributed by atoms with Crippen LogP contribution in [-0.2, 0) is 6.54 Å². The third-order valence-corrected chi connectivity index (χ3v) is 5.81. The third-order valence-electron chi connectivity index (χ3n) is 4.56. The van der Waals surface area contributed by atoms with E-state index >= 15 is 0 Å². The minimum Gasteiger partial charge on any atom is -0.279 e. The average molecular weight is 407 g/mol. The molecule has 28 heavy (non-hydrogen) atoms. The van der Waals surface area contributed by atoms with E-state index in [2.05, 4.69) is 0 Å². The van der Waals surface area contributed by atoms with Gasteiger partial charge in [-0.1, -0.05) is 71.0 Å². The first-order valence-corrected chi connectivity index (χ1v) is 10.2. The van der Waals surface area contributed by atoms with Gasteiger partial charge in [-0.3, -0.25) is 9.69 Å². The lowest BCUT2D eigenvalue weighted by Crippen LogP contribution is -2.30. The number of aryl methyl sites for hydroxylation is 2. The van der Waals surface area contributed by atoms with E-state index in [4.69, 9.17) is 16.6 Å². The van der Waals surface area contributed by atoms with Gasteiger partial charge in [-0.2, -0.15) is 0 Å². The zero-order valence-electron chi connectivity index (χ0n) is 15.6. The van der Waals surface area contributed by atoms with E-state index in [9.17, 15) is 4.79 Å². The Morgan fingerprint density at radius 2 is 1.82 bits per heavy atom. The van der Waals surface area contributed by atoms with Crippen LogP contribution < -0.4 is 4.90 Å². The van der Waals surface area contributed by atoms with E-state index in [0.717, 1.165) is 26.9 Å². The van der Waals surface area contributed by atoms with Gasteiger partial charge >= 0.3 is 0 Å². The Morgan fingerprint density at radius 3 is 2.57 bits per heavy atom. The zero-order chi connectivity index (χ0) is 19.7. The number of halogens is 1. The highest BCUT2D eigenvalue weighted by Gasteiger charge is 2.22. The molecule has 0 saturated carbocycles. The number of nitrogens with zero attached hydrogens (tertiary/aromatic N) is 2. The summed E-state index contributed by atoms with van der Waals surface area (Å²) in [5.41, 5.74) is 4.66. The largest absolute Gasteiger partial charge is 0.279 e. The number of benzene rings is 3. The highest BCUT2D eigenvalue weighted by Crippen LogP contribution is 2.34. The van der Waals surface area contributed by atoms with Crippen molar-refractivity contribution in [2.24, 2.45) is 0 Å². The Balaban J connectivity index is 1.80. The van der Waals surface area contributed by atoms with Crippen molar-refractivity contribution in [3.05, 3.63) is 94.0 Å². The van der Waals surface area contributed by atoms with Gasteiger partial charge in [0.05, 0.1) is 16.8 Å². The molecule has 4 aromatic rings. The molecule has 0 unspecified atom stereocenters. The Kier molecular flexibility index (Phi) is 5.16. The first-order valence-electron chi connectivity index (χ1n) is 9.00. The van der Waals surface area contributed by atoms with Crippen molar-refractivity contribution in [1.29, 1.82) is 0 Å². The van der Waals surface area contributed by atoms with Gasteiger partial charge in [0.25, 0.3) is 5.91 Å². The topological polar surface area (TPSA) is 33.2 Å². The highest BCUT2D eigenvalue weighted by atomic mass is 35.5. The van der Waals surface area contributed by atoms with E-state index in [-0.39, 0.29) is 5.91 Å². The lowest BCUT2D eigenvalue weighted by molar-refractivity contribution is 0.0985. The summed E-state index contributed by atoms with van der Waals surface area (Å²) < 4.78 is 0.982. The van der Waals surface area contributed by atoms with Gasteiger partial charge in [0, 0.05) is 10.6 Å². The SMILES string of the molecule is Cc1cccc(C(=O)N(Cc2ccccc2)c2nc3c(C)cc(Cl)cc3s2)c1.